The second kappa shape index (κ2) is 7.85. The summed E-state index contributed by atoms with van der Waals surface area (Å²) in [5.41, 5.74) is 2.64. The fraction of sp³-hybridized carbons (Fsp3) is 0.300. The van der Waals surface area contributed by atoms with Crippen LogP contribution in [0.1, 0.15) is 15.9 Å². The average molecular weight is 369 g/mol. The van der Waals surface area contributed by atoms with E-state index in [0.717, 1.165) is 16.8 Å². The first kappa shape index (κ1) is 18.4. The molecule has 1 heterocycles. The van der Waals surface area contributed by atoms with Gasteiger partial charge in [-0.2, -0.15) is 0 Å². The number of hydrogen-bond donors (Lipinski definition) is 0. The monoisotopic (exact) mass is 369 g/mol. The van der Waals surface area contributed by atoms with E-state index in [9.17, 15) is 4.79 Å². The highest BCUT2D eigenvalue weighted by Crippen LogP contribution is 2.31. The van der Waals surface area contributed by atoms with Crippen molar-refractivity contribution >= 4 is 32.6 Å². The molecule has 0 saturated heterocycles. The molecule has 3 aromatic rings. The quantitative estimate of drug-likeness (QED) is 0.663. The Labute approximate surface area is 157 Å². The molecular weight excluding hydrogens is 346 g/mol. The summed E-state index contributed by atoms with van der Waals surface area (Å²) in [5.74, 6) is 0.476. The molecule has 0 fully saturated rings. The van der Waals surface area contributed by atoms with Gasteiger partial charge in [-0.05, 0) is 50.8 Å². The maximum absolute atomic E-state index is 13.3. The predicted molar refractivity (Wildman–Crippen MR) is 108 cm³/mol. The van der Waals surface area contributed by atoms with E-state index in [0.29, 0.717) is 23.0 Å². The summed E-state index contributed by atoms with van der Waals surface area (Å²) in [6, 6.07) is 13.5. The van der Waals surface area contributed by atoms with Crippen LogP contribution in [0, 0.1) is 6.92 Å². The van der Waals surface area contributed by atoms with Gasteiger partial charge in [0.15, 0.2) is 5.13 Å². The lowest BCUT2D eigenvalue weighted by molar-refractivity contribution is 0.0982. The molecule has 1 amide bonds. The number of thiazole rings is 1. The van der Waals surface area contributed by atoms with Gasteiger partial charge in [0.05, 0.1) is 22.9 Å². The highest BCUT2D eigenvalue weighted by atomic mass is 32.1. The molecule has 0 aliphatic heterocycles. The molecule has 0 N–H and O–H groups in total. The molecule has 26 heavy (non-hydrogen) atoms. The zero-order valence-electron chi connectivity index (χ0n) is 15.5. The lowest BCUT2D eigenvalue weighted by Crippen LogP contribution is -2.36. The molecule has 0 atom stereocenters. The number of benzene rings is 2. The number of para-hydroxylation sites is 1. The molecule has 136 valence electrons. The number of likely N-dealkylation sites (N-methyl/N-ethyl adjacent to an activating group) is 1. The number of carbonyl (C=O) groups excluding carboxylic acids is 1. The number of hydrogen-bond acceptors (Lipinski definition) is 5. The van der Waals surface area contributed by atoms with Gasteiger partial charge in [0.1, 0.15) is 5.75 Å². The maximum atomic E-state index is 13.3. The lowest BCUT2D eigenvalue weighted by Gasteiger charge is -2.22. The first-order valence-electron chi connectivity index (χ1n) is 8.46. The van der Waals surface area contributed by atoms with Crippen molar-refractivity contribution < 1.29 is 9.53 Å². The van der Waals surface area contributed by atoms with Crippen LogP contribution < -0.4 is 9.64 Å². The molecule has 0 saturated carbocycles. The first-order chi connectivity index (χ1) is 12.5. The van der Waals surface area contributed by atoms with Crippen molar-refractivity contribution in [3.63, 3.8) is 0 Å². The van der Waals surface area contributed by atoms with Crippen molar-refractivity contribution in [1.82, 2.24) is 9.88 Å². The molecule has 5 nitrogen and oxygen atoms in total. The van der Waals surface area contributed by atoms with Gasteiger partial charge in [-0.15, -0.1) is 0 Å². The van der Waals surface area contributed by atoms with E-state index in [1.165, 1.54) is 5.56 Å². The molecule has 0 aliphatic rings. The Kier molecular flexibility index (Phi) is 5.54. The van der Waals surface area contributed by atoms with Crippen LogP contribution in [0.15, 0.2) is 42.5 Å². The van der Waals surface area contributed by atoms with Gasteiger partial charge in [0.2, 0.25) is 0 Å². The molecule has 1 aromatic heterocycles. The van der Waals surface area contributed by atoms with E-state index < -0.39 is 0 Å². The Morgan fingerprint density at radius 2 is 1.92 bits per heavy atom. The third-order valence-corrected chi connectivity index (χ3v) is 5.16. The fourth-order valence-electron chi connectivity index (χ4n) is 2.69. The third-order valence-electron chi connectivity index (χ3n) is 4.12. The number of methoxy groups -OCH3 is 1. The van der Waals surface area contributed by atoms with Crippen molar-refractivity contribution in [2.24, 2.45) is 0 Å². The zero-order chi connectivity index (χ0) is 18.7. The second-order valence-corrected chi connectivity index (χ2v) is 7.44. The Balaban J connectivity index is 2.01. The third kappa shape index (κ3) is 3.86. The van der Waals surface area contributed by atoms with Crippen LogP contribution in [0.25, 0.3) is 10.2 Å². The fourth-order valence-corrected chi connectivity index (χ4v) is 3.77. The number of carbonyl (C=O) groups is 1. The van der Waals surface area contributed by atoms with Crippen LogP contribution in [-0.4, -0.2) is 50.1 Å². The molecule has 6 heteroatoms. The van der Waals surface area contributed by atoms with Crippen molar-refractivity contribution in [2.75, 3.05) is 39.2 Å². The van der Waals surface area contributed by atoms with Crippen LogP contribution in [0.4, 0.5) is 5.13 Å². The second-order valence-electron chi connectivity index (χ2n) is 6.43. The Morgan fingerprint density at radius 1 is 1.15 bits per heavy atom. The number of aryl methyl sites for hydroxylation is 1. The molecule has 0 spiro atoms. The van der Waals surface area contributed by atoms with Crippen LogP contribution in [-0.2, 0) is 0 Å². The van der Waals surface area contributed by atoms with Crippen LogP contribution >= 0.6 is 11.3 Å². The lowest BCUT2D eigenvalue weighted by atomic mass is 10.1. The van der Waals surface area contributed by atoms with Gasteiger partial charge in [0.25, 0.3) is 5.91 Å². The summed E-state index contributed by atoms with van der Waals surface area (Å²) in [4.78, 5) is 21.8. The van der Waals surface area contributed by atoms with Gasteiger partial charge >= 0.3 is 0 Å². The molecule has 0 bridgehead atoms. The van der Waals surface area contributed by atoms with Gasteiger partial charge in [-0.3, -0.25) is 9.69 Å². The number of ether oxygens (including phenoxy) is 1. The maximum Gasteiger partial charge on any atom is 0.263 e. The molecule has 3 rings (SSSR count). The average Bonchev–Trinajstić information content (AvgIpc) is 3.04. The smallest absolute Gasteiger partial charge is 0.263 e. The van der Waals surface area contributed by atoms with E-state index in [1.807, 2.05) is 38.4 Å². The van der Waals surface area contributed by atoms with Crippen molar-refractivity contribution in [1.29, 1.82) is 0 Å². The van der Waals surface area contributed by atoms with Crippen LogP contribution in [0.5, 0.6) is 5.75 Å². The SMILES string of the molecule is COc1ccccc1C(=O)N(CCN(C)C)c1nc2ccc(C)cc2s1. The van der Waals surface area contributed by atoms with Gasteiger partial charge in [-0.1, -0.05) is 29.5 Å². The summed E-state index contributed by atoms with van der Waals surface area (Å²) in [5, 5.41) is 0.711. The van der Waals surface area contributed by atoms with E-state index in [2.05, 4.69) is 17.9 Å². The number of nitrogens with zero attached hydrogens (tertiary/aromatic N) is 3. The molecule has 0 aliphatic carbocycles. The topological polar surface area (TPSA) is 45.7 Å². The minimum absolute atomic E-state index is 0.0971. The summed E-state index contributed by atoms with van der Waals surface area (Å²) < 4.78 is 6.46. The van der Waals surface area contributed by atoms with Crippen LogP contribution in [0.2, 0.25) is 0 Å². The Hall–Kier alpha value is -2.44. The zero-order valence-corrected chi connectivity index (χ0v) is 16.3. The van der Waals surface area contributed by atoms with Gasteiger partial charge in [0, 0.05) is 13.1 Å². The Bertz CT molecular complexity index is 920. The van der Waals surface area contributed by atoms with Crippen molar-refractivity contribution in [3.8, 4) is 5.75 Å². The highest BCUT2D eigenvalue weighted by molar-refractivity contribution is 7.22. The standard InChI is InChI=1S/C20H23N3O2S/c1-14-9-10-16-18(13-14)26-20(21-16)23(12-11-22(2)3)19(24)15-7-5-6-8-17(15)25-4/h5-10,13H,11-12H2,1-4H3. The van der Waals surface area contributed by atoms with E-state index >= 15 is 0 Å². The number of aromatic nitrogens is 1. The van der Waals surface area contributed by atoms with Crippen molar-refractivity contribution in [2.45, 2.75) is 6.92 Å². The number of fused-ring (bicyclic) bond motifs is 1. The number of amides is 1. The normalized spacial score (nSPS) is 11.1. The van der Waals surface area contributed by atoms with Crippen molar-refractivity contribution in [3.05, 3.63) is 53.6 Å². The summed E-state index contributed by atoms with van der Waals surface area (Å²) in [6.07, 6.45) is 0. The van der Waals surface area contributed by atoms with Gasteiger partial charge in [-0.25, -0.2) is 4.98 Å². The Morgan fingerprint density at radius 3 is 2.65 bits per heavy atom. The van der Waals surface area contributed by atoms with E-state index in [-0.39, 0.29) is 5.91 Å². The van der Waals surface area contributed by atoms with E-state index in [4.69, 9.17) is 9.72 Å². The first-order valence-corrected chi connectivity index (χ1v) is 9.28. The molecule has 0 unspecified atom stereocenters. The predicted octanol–water partition coefficient (Wildman–Crippen LogP) is 3.82. The summed E-state index contributed by atoms with van der Waals surface area (Å²) in [7, 11) is 5.57. The summed E-state index contributed by atoms with van der Waals surface area (Å²) in [6.45, 7) is 3.36. The van der Waals surface area contributed by atoms with Crippen LogP contribution in [0.3, 0.4) is 0 Å². The number of rotatable bonds is 6. The molecule has 0 radical (unpaired) electrons. The largest absolute Gasteiger partial charge is 0.496 e. The highest BCUT2D eigenvalue weighted by Gasteiger charge is 2.23. The number of anilines is 1. The summed E-state index contributed by atoms with van der Waals surface area (Å²) >= 11 is 1.54. The van der Waals surface area contributed by atoms with Gasteiger partial charge < -0.3 is 9.64 Å². The minimum atomic E-state index is -0.0971. The molecular formula is C20H23N3O2S. The molecule has 2 aromatic carbocycles. The minimum Gasteiger partial charge on any atom is -0.496 e. The van der Waals surface area contributed by atoms with E-state index in [1.54, 1.807) is 35.5 Å².